The van der Waals surface area contributed by atoms with Gasteiger partial charge in [0.2, 0.25) is 5.91 Å². The van der Waals surface area contributed by atoms with Crippen molar-refractivity contribution in [2.45, 2.75) is 26.8 Å². The number of benzene rings is 2. The smallest absolute Gasteiger partial charge is 0.222 e. The summed E-state index contributed by atoms with van der Waals surface area (Å²) in [6, 6.07) is 16.3. The van der Waals surface area contributed by atoms with Crippen LogP contribution in [0.1, 0.15) is 23.1 Å². The molecule has 2 aromatic rings. The van der Waals surface area contributed by atoms with Gasteiger partial charge in [-0.05, 0) is 37.1 Å². The molecular formula is C18H22N2O. The van der Waals surface area contributed by atoms with Gasteiger partial charge in [-0.1, -0.05) is 42.0 Å². The molecule has 21 heavy (non-hydrogen) atoms. The lowest BCUT2D eigenvalue weighted by atomic mass is 10.1. The highest BCUT2D eigenvalue weighted by atomic mass is 16.1. The fraction of sp³-hybridized carbons (Fsp3) is 0.278. The second-order valence-corrected chi connectivity index (χ2v) is 5.31. The first kappa shape index (κ1) is 15.1. The standard InChI is InChI=1S/C18H22N2O/c1-14-5-3-7-16(11-14)13-20-18(21)9-10-19-17-8-4-6-15(2)12-17/h3-8,11-12,19H,9-10,13H2,1-2H3,(H,20,21). The van der Waals surface area contributed by atoms with E-state index >= 15 is 0 Å². The zero-order valence-corrected chi connectivity index (χ0v) is 12.6. The van der Waals surface area contributed by atoms with Crippen LogP contribution in [-0.4, -0.2) is 12.5 Å². The molecule has 0 heterocycles. The minimum Gasteiger partial charge on any atom is -0.385 e. The normalized spacial score (nSPS) is 10.2. The molecule has 0 aromatic heterocycles. The molecule has 3 nitrogen and oxygen atoms in total. The van der Waals surface area contributed by atoms with Crippen molar-refractivity contribution in [3.63, 3.8) is 0 Å². The summed E-state index contributed by atoms with van der Waals surface area (Å²) in [5, 5.41) is 6.21. The van der Waals surface area contributed by atoms with Crippen molar-refractivity contribution in [1.29, 1.82) is 0 Å². The molecular weight excluding hydrogens is 260 g/mol. The summed E-state index contributed by atoms with van der Waals surface area (Å²) < 4.78 is 0. The quantitative estimate of drug-likeness (QED) is 0.852. The Bertz CT molecular complexity index is 608. The van der Waals surface area contributed by atoms with Gasteiger partial charge in [0, 0.05) is 25.2 Å². The number of hydrogen-bond donors (Lipinski definition) is 2. The van der Waals surface area contributed by atoms with Crippen LogP contribution in [0.2, 0.25) is 0 Å². The number of carbonyl (C=O) groups is 1. The molecule has 0 bridgehead atoms. The fourth-order valence-electron chi connectivity index (χ4n) is 2.19. The highest BCUT2D eigenvalue weighted by molar-refractivity contribution is 5.76. The number of rotatable bonds is 6. The van der Waals surface area contributed by atoms with Crippen molar-refractivity contribution in [3.8, 4) is 0 Å². The van der Waals surface area contributed by atoms with E-state index in [-0.39, 0.29) is 5.91 Å². The van der Waals surface area contributed by atoms with Crippen LogP contribution < -0.4 is 10.6 Å². The maximum Gasteiger partial charge on any atom is 0.222 e. The molecule has 2 rings (SSSR count). The average Bonchev–Trinajstić information content (AvgIpc) is 2.45. The summed E-state index contributed by atoms with van der Waals surface area (Å²) >= 11 is 0. The van der Waals surface area contributed by atoms with Crippen molar-refractivity contribution >= 4 is 11.6 Å². The van der Waals surface area contributed by atoms with Crippen molar-refractivity contribution in [3.05, 3.63) is 65.2 Å². The molecule has 1 amide bonds. The average molecular weight is 282 g/mol. The largest absolute Gasteiger partial charge is 0.385 e. The first-order valence-corrected chi connectivity index (χ1v) is 7.26. The molecule has 0 radical (unpaired) electrons. The second-order valence-electron chi connectivity index (χ2n) is 5.31. The number of anilines is 1. The van der Waals surface area contributed by atoms with E-state index in [1.807, 2.05) is 24.3 Å². The van der Waals surface area contributed by atoms with Crippen LogP contribution in [0.5, 0.6) is 0 Å². The van der Waals surface area contributed by atoms with Crippen LogP contribution in [0.4, 0.5) is 5.69 Å². The van der Waals surface area contributed by atoms with Crippen LogP contribution in [0.3, 0.4) is 0 Å². The van der Waals surface area contributed by atoms with Crippen LogP contribution >= 0.6 is 0 Å². The summed E-state index contributed by atoms with van der Waals surface area (Å²) in [6.45, 7) is 5.34. The minimum atomic E-state index is 0.0664. The SMILES string of the molecule is Cc1cccc(CNC(=O)CCNc2cccc(C)c2)c1. The van der Waals surface area contributed by atoms with Crippen LogP contribution in [0, 0.1) is 13.8 Å². The van der Waals surface area contributed by atoms with E-state index < -0.39 is 0 Å². The van der Waals surface area contributed by atoms with Gasteiger partial charge < -0.3 is 10.6 Å². The zero-order chi connectivity index (χ0) is 15.1. The van der Waals surface area contributed by atoms with Gasteiger partial charge in [0.15, 0.2) is 0 Å². The molecule has 2 aromatic carbocycles. The van der Waals surface area contributed by atoms with Crippen LogP contribution in [0.25, 0.3) is 0 Å². The van der Waals surface area contributed by atoms with Gasteiger partial charge in [-0.15, -0.1) is 0 Å². The Hall–Kier alpha value is -2.29. The molecule has 0 atom stereocenters. The first-order valence-electron chi connectivity index (χ1n) is 7.26. The Morgan fingerprint density at radius 1 is 1.00 bits per heavy atom. The highest BCUT2D eigenvalue weighted by Crippen LogP contribution is 2.09. The van der Waals surface area contributed by atoms with Crippen molar-refractivity contribution in [2.75, 3.05) is 11.9 Å². The predicted molar refractivity (Wildman–Crippen MR) is 87.3 cm³/mol. The Morgan fingerprint density at radius 3 is 2.43 bits per heavy atom. The van der Waals surface area contributed by atoms with E-state index in [1.165, 1.54) is 11.1 Å². The van der Waals surface area contributed by atoms with E-state index in [1.54, 1.807) is 0 Å². The van der Waals surface area contributed by atoms with E-state index in [0.717, 1.165) is 11.3 Å². The highest BCUT2D eigenvalue weighted by Gasteiger charge is 2.01. The lowest BCUT2D eigenvalue weighted by Gasteiger charge is -2.08. The third kappa shape index (κ3) is 5.30. The molecule has 0 saturated carbocycles. The number of carbonyl (C=O) groups excluding carboxylic acids is 1. The molecule has 0 aliphatic carbocycles. The van der Waals surface area contributed by atoms with Gasteiger partial charge in [0.05, 0.1) is 0 Å². The van der Waals surface area contributed by atoms with E-state index in [2.05, 4.69) is 48.7 Å². The third-order valence-electron chi connectivity index (χ3n) is 3.27. The summed E-state index contributed by atoms with van der Waals surface area (Å²) in [5.41, 5.74) is 4.61. The Balaban J connectivity index is 1.70. The van der Waals surface area contributed by atoms with Crippen LogP contribution in [0.15, 0.2) is 48.5 Å². The molecule has 0 fully saturated rings. The maximum atomic E-state index is 11.8. The number of aryl methyl sites for hydroxylation is 2. The number of nitrogens with one attached hydrogen (secondary N) is 2. The van der Waals surface area contributed by atoms with Crippen molar-refractivity contribution < 1.29 is 4.79 Å². The van der Waals surface area contributed by atoms with E-state index in [0.29, 0.717) is 19.5 Å². The van der Waals surface area contributed by atoms with E-state index in [9.17, 15) is 4.79 Å². The van der Waals surface area contributed by atoms with Gasteiger partial charge in [-0.3, -0.25) is 4.79 Å². The van der Waals surface area contributed by atoms with Gasteiger partial charge in [0.1, 0.15) is 0 Å². The Kier molecular flexibility index (Phi) is 5.38. The molecule has 2 N–H and O–H groups in total. The third-order valence-corrected chi connectivity index (χ3v) is 3.27. The number of hydrogen-bond acceptors (Lipinski definition) is 2. The molecule has 0 aliphatic rings. The fourth-order valence-corrected chi connectivity index (χ4v) is 2.19. The molecule has 3 heteroatoms. The zero-order valence-electron chi connectivity index (χ0n) is 12.6. The second kappa shape index (κ2) is 7.48. The van der Waals surface area contributed by atoms with Gasteiger partial charge in [0.25, 0.3) is 0 Å². The summed E-state index contributed by atoms with van der Waals surface area (Å²) in [6.07, 6.45) is 0.472. The summed E-state index contributed by atoms with van der Waals surface area (Å²) in [4.78, 5) is 11.8. The van der Waals surface area contributed by atoms with Gasteiger partial charge >= 0.3 is 0 Å². The van der Waals surface area contributed by atoms with Gasteiger partial charge in [-0.2, -0.15) is 0 Å². The molecule has 0 spiro atoms. The Labute approximate surface area is 126 Å². The maximum absolute atomic E-state index is 11.8. The minimum absolute atomic E-state index is 0.0664. The van der Waals surface area contributed by atoms with Crippen molar-refractivity contribution in [1.82, 2.24) is 5.32 Å². The van der Waals surface area contributed by atoms with E-state index in [4.69, 9.17) is 0 Å². The topological polar surface area (TPSA) is 41.1 Å². The molecule has 0 unspecified atom stereocenters. The van der Waals surface area contributed by atoms with Gasteiger partial charge in [-0.25, -0.2) is 0 Å². The lowest BCUT2D eigenvalue weighted by molar-refractivity contribution is -0.121. The molecule has 0 aliphatic heterocycles. The monoisotopic (exact) mass is 282 g/mol. The molecule has 110 valence electrons. The van der Waals surface area contributed by atoms with Crippen LogP contribution in [-0.2, 0) is 11.3 Å². The lowest BCUT2D eigenvalue weighted by Crippen LogP contribution is -2.24. The summed E-state index contributed by atoms with van der Waals surface area (Å²) in [7, 11) is 0. The number of amides is 1. The Morgan fingerprint density at radius 2 is 1.71 bits per heavy atom. The summed E-state index contributed by atoms with van der Waals surface area (Å²) in [5.74, 6) is 0.0664. The molecule has 0 saturated heterocycles. The van der Waals surface area contributed by atoms with Crippen molar-refractivity contribution in [2.24, 2.45) is 0 Å². The predicted octanol–water partition coefficient (Wildman–Crippen LogP) is 3.42. The first-order chi connectivity index (χ1) is 10.1.